The number of sulfonamides is 1. The van der Waals surface area contributed by atoms with Crippen LogP contribution < -0.4 is 9.46 Å². The molecule has 0 unspecified atom stereocenters. The van der Waals surface area contributed by atoms with Gasteiger partial charge in [-0.05, 0) is 43.7 Å². The largest absolute Gasteiger partial charge is 0.495 e. The number of aryl methyl sites for hydroxylation is 1. The summed E-state index contributed by atoms with van der Waals surface area (Å²) in [5, 5.41) is 3.92. The third kappa shape index (κ3) is 3.61. The van der Waals surface area contributed by atoms with Crippen molar-refractivity contribution in [2.24, 2.45) is 0 Å². The number of nitrogens with one attached hydrogen (secondary N) is 1. The van der Waals surface area contributed by atoms with Crippen LogP contribution in [0, 0.1) is 13.8 Å². The van der Waals surface area contributed by atoms with Gasteiger partial charge in [-0.2, -0.15) is 0 Å². The standard InChI is InChI=1S/C18H19N3O4S/c1-12-13(2)21-25-18(12)15-6-7-16(24-3)17(9-15)26(22,23)20-11-14-5-4-8-19-10-14/h4-10,20H,11H2,1-3H3. The molecule has 0 atom stereocenters. The second kappa shape index (κ2) is 7.27. The lowest BCUT2D eigenvalue weighted by Gasteiger charge is -2.12. The Hall–Kier alpha value is -2.71. The van der Waals surface area contributed by atoms with Gasteiger partial charge in [0.2, 0.25) is 10.0 Å². The molecular weight excluding hydrogens is 354 g/mol. The maximum Gasteiger partial charge on any atom is 0.244 e. The highest BCUT2D eigenvalue weighted by Gasteiger charge is 2.22. The van der Waals surface area contributed by atoms with Crippen molar-refractivity contribution in [3.05, 3.63) is 59.5 Å². The quantitative estimate of drug-likeness (QED) is 0.714. The van der Waals surface area contributed by atoms with Gasteiger partial charge in [-0.3, -0.25) is 4.98 Å². The Kier molecular flexibility index (Phi) is 5.06. The summed E-state index contributed by atoms with van der Waals surface area (Å²) in [5.74, 6) is 0.787. The fraction of sp³-hybridized carbons (Fsp3) is 0.222. The summed E-state index contributed by atoms with van der Waals surface area (Å²) in [6, 6.07) is 8.41. The van der Waals surface area contributed by atoms with Gasteiger partial charge in [-0.1, -0.05) is 11.2 Å². The Morgan fingerprint density at radius 2 is 2.04 bits per heavy atom. The molecule has 0 amide bonds. The molecule has 0 saturated heterocycles. The number of pyridine rings is 1. The summed E-state index contributed by atoms with van der Waals surface area (Å²) < 4.78 is 38.7. The first kappa shape index (κ1) is 18.1. The van der Waals surface area contributed by atoms with Crippen molar-refractivity contribution in [1.29, 1.82) is 0 Å². The Labute approximate surface area is 152 Å². The van der Waals surface area contributed by atoms with Gasteiger partial charge in [-0.25, -0.2) is 13.1 Å². The maximum absolute atomic E-state index is 12.8. The van der Waals surface area contributed by atoms with Gasteiger partial charge in [0, 0.05) is 30.1 Å². The van der Waals surface area contributed by atoms with Gasteiger partial charge in [0.1, 0.15) is 10.6 Å². The zero-order valence-electron chi connectivity index (χ0n) is 14.7. The number of ether oxygens (including phenoxy) is 1. The number of methoxy groups -OCH3 is 1. The molecule has 0 bridgehead atoms. The average molecular weight is 373 g/mol. The van der Waals surface area contributed by atoms with E-state index >= 15 is 0 Å². The summed E-state index contributed by atoms with van der Waals surface area (Å²) in [6.45, 7) is 3.84. The van der Waals surface area contributed by atoms with Crippen LogP contribution in [0.1, 0.15) is 16.8 Å². The van der Waals surface area contributed by atoms with E-state index in [4.69, 9.17) is 9.26 Å². The van der Waals surface area contributed by atoms with Crippen LogP contribution in [0.2, 0.25) is 0 Å². The number of nitrogens with zero attached hydrogens (tertiary/aromatic N) is 2. The van der Waals surface area contributed by atoms with Crippen molar-refractivity contribution in [2.75, 3.05) is 7.11 Å². The lowest BCUT2D eigenvalue weighted by atomic mass is 10.1. The molecule has 136 valence electrons. The van der Waals surface area contributed by atoms with Crippen molar-refractivity contribution < 1.29 is 17.7 Å². The van der Waals surface area contributed by atoms with Gasteiger partial charge in [-0.15, -0.1) is 0 Å². The van der Waals surface area contributed by atoms with E-state index in [-0.39, 0.29) is 17.2 Å². The number of aromatic nitrogens is 2. The summed E-state index contributed by atoms with van der Waals surface area (Å²) in [4.78, 5) is 4.02. The van der Waals surface area contributed by atoms with Gasteiger partial charge >= 0.3 is 0 Å². The molecule has 0 spiro atoms. The summed E-state index contributed by atoms with van der Waals surface area (Å²) in [6.07, 6.45) is 3.24. The number of rotatable bonds is 6. The SMILES string of the molecule is COc1ccc(-c2onc(C)c2C)cc1S(=O)(=O)NCc1cccnc1. The molecule has 3 aromatic rings. The smallest absolute Gasteiger partial charge is 0.244 e. The van der Waals surface area contributed by atoms with Crippen molar-refractivity contribution >= 4 is 10.0 Å². The molecule has 3 rings (SSSR count). The minimum Gasteiger partial charge on any atom is -0.495 e. The highest BCUT2D eigenvalue weighted by molar-refractivity contribution is 7.89. The van der Waals surface area contributed by atoms with E-state index in [1.807, 2.05) is 13.8 Å². The van der Waals surface area contributed by atoms with E-state index in [0.29, 0.717) is 11.3 Å². The van der Waals surface area contributed by atoms with Crippen LogP contribution in [0.3, 0.4) is 0 Å². The van der Waals surface area contributed by atoms with Crippen LogP contribution in [0.4, 0.5) is 0 Å². The fourth-order valence-corrected chi connectivity index (χ4v) is 3.68. The van der Waals surface area contributed by atoms with Gasteiger partial charge in [0.05, 0.1) is 12.8 Å². The first-order valence-corrected chi connectivity index (χ1v) is 9.40. The van der Waals surface area contributed by atoms with Crippen molar-refractivity contribution in [2.45, 2.75) is 25.3 Å². The second-order valence-electron chi connectivity index (χ2n) is 5.77. The molecule has 8 heteroatoms. The summed E-state index contributed by atoms with van der Waals surface area (Å²) in [7, 11) is -2.37. The molecule has 26 heavy (non-hydrogen) atoms. The van der Waals surface area contributed by atoms with Gasteiger partial charge < -0.3 is 9.26 Å². The third-order valence-corrected chi connectivity index (χ3v) is 5.48. The van der Waals surface area contributed by atoms with Crippen molar-refractivity contribution in [3.8, 4) is 17.1 Å². The molecular formula is C18H19N3O4S. The molecule has 2 heterocycles. The van der Waals surface area contributed by atoms with Crippen molar-refractivity contribution in [1.82, 2.24) is 14.9 Å². The highest BCUT2D eigenvalue weighted by Crippen LogP contribution is 2.32. The van der Waals surface area contributed by atoms with Crippen LogP contribution in [0.25, 0.3) is 11.3 Å². The van der Waals surface area contributed by atoms with Crippen LogP contribution in [0.15, 0.2) is 52.1 Å². The second-order valence-corrected chi connectivity index (χ2v) is 7.51. The summed E-state index contributed by atoms with van der Waals surface area (Å²) in [5.41, 5.74) is 3.00. The van der Waals surface area contributed by atoms with Crippen LogP contribution in [-0.4, -0.2) is 25.7 Å². The fourth-order valence-electron chi connectivity index (χ4n) is 2.47. The third-order valence-electron chi connectivity index (χ3n) is 4.06. The minimum absolute atomic E-state index is 0.0369. The zero-order chi connectivity index (χ0) is 18.7. The molecule has 0 fully saturated rings. The Morgan fingerprint density at radius 3 is 2.65 bits per heavy atom. The monoisotopic (exact) mass is 373 g/mol. The average Bonchev–Trinajstić information content (AvgIpc) is 2.99. The Bertz CT molecular complexity index is 1010. The lowest BCUT2D eigenvalue weighted by Crippen LogP contribution is -2.23. The number of benzene rings is 1. The van der Waals surface area contributed by atoms with E-state index in [9.17, 15) is 8.42 Å². The molecule has 0 aliphatic rings. The minimum atomic E-state index is -3.80. The first-order chi connectivity index (χ1) is 12.4. The molecule has 2 aromatic heterocycles. The molecule has 1 N–H and O–H groups in total. The number of hydrogen-bond acceptors (Lipinski definition) is 6. The van der Waals surface area contributed by atoms with Gasteiger partial charge in [0.25, 0.3) is 0 Å². The predicted molar refractivity (Wildman–Crippen MR) is 96.2 cm³/mol. The molecule has 0 saturated carbocycles. The zero-order valence-corrected chi connectivity index (χ0v) is 15.5. The van der Waals surface area contributed by atoms with Crippen LogP contribution >= 0.6 is 0 Å². The van der Waals surface area contributed by atoms with Crippen molar-refractivity contribution in [3.63, 3.8) is 0 Å². The van der Waals surface area contributed by atoms with Crippen LogP contribution in [0.5, 0.6) is 5.75 Å². The van der Waals surface area contributed by atoms with E-state index < -0.39 is 10.0 Å². The van der Waals surface area contributed by atoms with E-state index in [1.165, 1.54) is 13.2 Å². The van der Waals surface area contributed by atoms with E-state index in [0.717, 1.165) is 16.8 Å². The number of hydrogen-bond donors (Lipinski definition) is 1. The molecule has 0 radical (unpaired) electrons. The van der Waals surface area contributed by atoms with E-state index in [1.54, 1.807) is 36.7 Å². The molecule has 1 aromatic carbocycles. The molecule has 0 aliphatic carbocycles. The normalized spacial score (nSPS) is 11.5. The Morgan fingerprint density at radius 1 is 1.23 bits per heavy atom. The highest BCUT2D eigenvalue weighted by atomic mass is 32.2. The molecule has 0 aliphatic heterocycles. The summed E-state index contributed by atoms with van der Waals surface area (Å²) >= 11 is 0. The Balaban J connectivity index is 1.96. The van der Waals surface area contributed by atoms with E-state index in [2.05, 4.69) is 14.9 Å². The van der Waals surface area contributed by atoms with Gasteiger partial charge in [0.15, 0.2) is 5.76 Å². The first-order valence-electron chi connectivity index (χ1n) is 7.92. The maximum atomic E-state index is 12.8. The lowest BCUT2D eigenvalue weighted by molar-refractivity contribution is 0.402. The van der Waals surface area contributed by atoms with Crippen LogP contribution in [-0.2, 0) is 16.6 Å². The topological polar surface area (TPSA) is 94.3 Å². The predicted octanol–water partition coefficient (Wildman–Crippen LogP) is 2.84. The molecule has 7 nitrogen and oxygen atoms in total.